The molecule has 0 spiro atoms. The zero-order valence-corrected chi connectivity index (χ0v) is 15.9. The minimum absolute atomic E-state index is 0.0114. The first-order valence-corrected chi connectivity index (χ1v) is 9.31. The largest absolute Gasteiger partial charge is 0.367 e. The smallest absolute Gasteiger partial charge is 0.251 e. The van der Waals surface area contributed by atoms with Crippen LogP contribution in [0.3, 0.4) is 0 Å². The van der Waals surface area contributed by atoms with Gasteiger partial charge in [-0.2, -0.15) is 0 Å². The summed E-state index contributed by atoms with van der Waals surface area (Å²) in [5, 5.41) is 0. The number of primary amides is 1. The quantitative estimate of drug-likeness (QED) is 0.884. The van der Waals surface area contributed by atoms with Gasteiger partial charge in [-0.25, -0.2) is 0 Å². The molecule has 1 saturated heterocycles. The third-order valence-electron chi connectivity index (χ3n) is 5.09. The van der Waals surface area contributed by atoms with Gasteiger partial charge in [0.2, 0.25) is 5.91 Å². The zero-order chi connectivity index (χ0) is 19.4. The zero-order valence-electron chi connectivity index (χ0n) is 15.9. The van der Waals surface area contributed by atoms with E-state index in [4.69, 9.17) is 10.5 Å². The van der Waals surface area contributed by atoms with Crippen molar-refractivity contribution in [1.82, 2.24) is 4.90 Å². The predicted octanol–water partition coefficient (Wildman–Crippen LogP) is 2.70. The minimum atomic E-state index is -1.19. The lowest BCUT2D eigenvalue weighted by atomic mass is 9.90. The molecular weight excluding hydrogens is 340 g/mol. The molecule has 5 heteroatoms. The number of rotatable bonds is 5. The number of carbonyl (C=O) groups is 2. The van der Waals surface area contributed by atoms with Crippen LogP contribution in [0, 0.1) is 6.92 Å². The maximum Gasteiger partial charge on any atom is 0.251 e. The molecule has 1 atom stereocenters. The van der Waals surface area contributed by atoms with Gasteiger partial charge in [-0.1, -0.05) is 61.0 Å². The van der Waals surface area contributed by atoms with E-state index in [1.165, 1.54) is 5.56 Å². The number of hydrogen-bond acceptors (Lipinski definition) is 3. The first-order valence-electron chi connectivity index (χ1n) is 9.31. The molecule has 0 saturated carbocycles. The lowest BCUT2D eigenvalue weighted by molar-refractivity contribution is -0.163. The summed E-state index contributed by atoms with van der Waals surface area (Å²) >= 11 is 0. The van der Waals surface area contributed by atoms with Gasteiger partial charge in [0.05, 0.1) is 13.2 Å². The number of nitrogens with two attached hydrogens (primary N) is 1. The molecule has 1 fully saturated rings. The van der Waals surface area contributed by atoms with Crippen LogP contribution in [0.5, 0.6) is 0 Å². The predicted molar refractivity (Wildman–Crippen MR) is 105 cm³/mol. The highest BCUT2D eigenvalue weighted by Gasteiger charge is 2.43. The van der Waals surface area contributed by atoms with Crippen molar-refractivity contribution in [2.45, 2.75) is 32.3 Å². The van der Waals surface area contributed by atoms with Gasteiger partial charge in [-0.15, -0.1) is 0 Å². The summed E-state index contributed by atoms with van der Waals surface area (Å²) in [6.07, 6.45) is 0.743. The number of aryl methyl sites for hydroxylation is 1. The van der Waals surface area contributed by atoms with E-state index in [9.17, 15) is 9.59 Å². The van der Waals surface area contributed by atoms with Gasteiger partial charge in [-0.05, 0) is 23.6 Å². The molecule has 142 valence electrons. The average Bonchev–Trinajstić information content (AvgIpc) is 2.68. The van der Waals surface area contributed by atoms with Crippen LogP contribution in [0.25, 0.3) is 11.1 Å². The van der Waals surface area contributed by atoms with Crippen molar-refractivity contribution in [1.29, 1.82) is 0 Å². The van der Waals surface area contributed by atoms with Gasteiger partial charge in [0.25, 0.3) is 5.91 Å². The van der Waals surface area contributed by atoms with Crippen LogP contribution in [0.4, 0.5) is 0 Å². The van der Waals surface area contributed by atoms with E-state index in [0.717, 1.165) is 16.7 Å². The van der Waals surface area contributed by atoms with Crippen LogP contribution in [0.1, 0.15) is 24.5 Å². The third kappa shape index (κ3) is 4.19. The highest BCUT2D eigenvalue weighted by atomic mass is 16.5. The molecule has 27 heavy (non-hydrogen) atoms. The van der Waals surface area contributed by atoms with Crippen LogP contribution >= 0.6 is 0 Å². The summed E-state index contributed by atoms with van der Waals surface area (Å²) in [5.41, 5.74) is 8.88. The van der Waals surface area contributed by atoms with Gasteiger partial charge in [0.1, 0.15) is 0 Å². The van der Waals surface area contributed by atoms with Crippen molar-refractivity contribution in [2.75, 3.05) is 19.7 Å². The minimum Gasteiger partial charge on any atom is -0.367 e. The molecule has 2 N–H and O–H groups in total. The summed E-state index contributed by atoms with van der Waals surface area (Å²) in [5.74, 6) is -0.519. The monoisotopic (exact) mass is 366 g/mol. The van der Waals surface area contributed by atoms with Crippen LogP contribution < -0.4 is 5.73 Å². The number of carbonyl (C=O) groups excluding carboxylic acids is 2. The van der Waals surface area contributed by atoms with E-state index in [2.05, 4.69) is 37.3 Å². The fourth-order valence-electron chi connectivity index (χ4n) is 3.50. The summed E-state index contributed by atoms with van der Waals surface area (Å²) in [6, 6.07) is 16.3. The Kier molecular flexibility index (Phi) is 5.61. The van der Waals surface area contributed by atoms with Gasteiger partial charge >= 0.3 is 0 Å². The van der Waals surface area contributed by atoms with Crippen LogP contribution in [-0.4, -0.2) is 42.0 Å². The normalized spacial score (nSPS) is 19.7. The summed E-state index contributed by atoms with van der Waals surface area (Å²) in [6.45, 7) is 4.87. The summed E-state index contributed by atoms with van der Waals surface area (Å²) in [7, 11) is 0. The molecule has 1 unspecified atom stereocenters. The van der Waals surface area contributed by atoms with Crippen LogP contribution in [0.2, 0.25) is 0 Å². The Morgan fingerprint density at radius 1 is 1.15 bits per heavy atom. The van der Waals surface area contributed by atoms with E-state index >= 15 is 0 Å². The van der Waals surface area contributed by atoms with Crippen molar-refractivity contribution in [3.8, 4) is 11.1 Å². The number of nitrogens with zero attached hydrogens (tertiary/aromatic N) is 1. The third-order valence-corrected chi connectivity index (χ3v) is 5.09. The Bertz CT molecular complexity index is 832. The molecular formula is C22H26N2O3. The van der Waals surface area contributed by atoms with Gasteiger partial charge < -0.3 is 15.4 Å². The van der Waals surface area contributed by atoms with E-state index < -0.39 is 11.5 Å². The highest BCUT2D eigenvalue weighted by molar-refractivity contribution is 5.86. The molecule has 1 aliphatic heterocycles. The Labute approximate surface area is 160 Å². The second kappa shape index (κ2) is 7.92. The molecule has 2 aromatic carbocycles. The number of morpholine rings is 1. The van der Waals surface area contributed by atoms with Gasteiger partial charge in [-0.3, -0.25) is 9.59 Å². The fraction of sp³-hybridized carbons (Fsp3) is 0.364. The summed E-state index contributed by atoms with van der Waals surface area (Å²) in [4.78, 5) is 26.1. The lowest BCUT2D eigenvalue weighted by Crippen LogP contribution is -2.61. The van der Waals surface area contributed by atoms with E-state index in [-0.39, 0.29) is 12.5 Å². The number of hydrogen-bond donors (Lipinski definition) is 1. The molecule has 0 bridgehead atoms. The Hall–Kier alpha value is -2.66. The molecule has 0 aromatic heterocycles. The molecule has 0 aliphatic carbocycles. The maximum atomic E-state index is 12.3. The van der Waals surface area contributed by atoms with Crippen LogP contribution in [0.15, 0.2) is 48.5 Å². The Morgan fingerprint density at radius 3 is 2.56 bits per heavy atom. The first-order chi connectivity index (χ1) is 12.9. The topological polar surface area (TPSA) is 72.6 Å². The SMILES string of the molecule is CCC(=O)N1CCOC(Cc2cccc(-c3ccc(C)cc3)c2)(C(N)=O)C1. The molecule has 1 aliphatic rings. The lowest BCUT2D eigenvalue weighted by Gasteiger charge is -2.40. The van der Waals surface area contributed by atoms with Crippen molar-refractivity contribution >= 4 is 11.8 Å². The van der Waals surface area contributed by atoms with E-state index in [0.29, 0.717) is 26.0 Å². The number of benzene rings is 2. The van der Waals surface area contributed by atoms with E-state index in [1.54, 1.807) is 4.90 Å². The molecule has 2 aromatic rings. The second-order valence-corrected chi connectivity index (χ2v) is 7.12. The summed E-state index contributed by atoms with van der Waals surface area (Å²) < 4.78 is 5.85. The fourth-order valence-corrected chi connectivity index (χ4v) is 3.50. The van der Waals surface area contributed by atoms with Crippen molar-refractivity contribution in [3.63, 3.8) is 0 Å². The second-order valence-electron chi connectivity index (χ2n) is 7.12. The average molecular weight is 366 g/mol. The maximum absolute atomic E-state index is 12.3. The van der Waals surface area contributed by atoms with E-state index in [1.807, 2.05) is 25.1 Å². The Balaban J connectivity index is 1.87. The standard InChI is InChI=1S/C22H26N2O3/c1-3-20(25)24-11-12-27-22(15-24,21(23)26)14-17-5-4-6-19(13-17)18-9-7-16(2)8-10-18/h4-10,13H,3,11-12,14-15H2,1-2H3,(H2,23,26). The van der Waals surface area contributed by atoms with Gasteiger partial charge in [0.15, 0.2) is 5.60 Å². The number of amides is 2. The van der Waals surface area contributed by atoms with Crippen molar-refractivity contribution < 1.29 is 14.3 Å². The molecule has 1 heterocycles. The Morgan fingerprint density at radius 2 is 1.89 bits per heavy atom. The van der Waals surface area contributed by atoms with Gasteiger partial charge in [0, 0.05) is 19.4 Å². The highest BCUT2D eigenvalue weighted by Crippen LogP contribution is 2.27. The van der Waals surface area contributed by atoms with Crippen molar-refractivity contribution in [2.24, 2.45) is 5.73 Å². The van der Waals surface area contributed by atoms with Crippen LogP contribution in [-0.2, 0) is 20.7 Å². The first kappa shape index (κ1) is 19.1. The molecule has 3 rings (SSSR count). The molecule has 2 amide bonds. The van der Waals surface area contributed by atoms with Crippen molar-refractivity contribution in [3.05, 3.63) is 59.7 Å². The molecule has 0 radical (unpaired) electrons. The molecule has 5 nitrogen and oxygen atoms in total. The number of ether oxygens (including phenoxy) is 1.